The molecule has 2 nitrogen and oxygen atoms in total. The topological polar surface area (TPSA) is 17.8 Å². The Morgan fingerprint density at radius 3 is 2.36 bits per heavy atom. The van der Waals surface area contributed by atoms with Gasteiger partial charge in [0.15, 0.2) is 0 Å². The fourth-order valence-corrected chi connectivity index (χ4v) is 1.71. The quantitative estimate of drug-likeness (QED) is 0.623. The summed E-state index contributed by atoms with van der Waals surface area (Å²) < 4.78 is 1.94. The average molecular weight is 190 g/mol. The lowest BCUT2D eigenvalue weighted by atomic mass is 10.1. The molecule has 0 aliphatic rings. The summed E-state index contributed by atoms with van der Waals surface area (Å²) in [7, 11) is 1.99. The van der Waals surface area contributed by atoms with Crippen molar-refractivity contribution in [1.29, 1.82) is 0 Å². The van der Waals surface area contributed by atoms with Gasteiger partial charge in [-0.15, -0.1) is 0 Å². The van der Waals surface area contributed by atoms with Gasteiger partial charge in [0.25, 0.3) is 0 Å². The van der Waals surface area contributed by atoms with Gasteiger partial charge in [-0.05, 0) is 19.4 Å². The third-order valence-electron chi connectivity index (χ3n) is 2.25. The maximum Gasteiger partial charge on any atom is 0.0711 e. The first kappa shape index (κ1) is 10.8. The smallest absolute Gasteiger partial charge is 0.0711 e. The number of para-hydroxylation sites is 1. The minimum Gasteiger partial charge on any atom is -0.267 e. The minimum atomic E-state index is 1.11. The Kier molecular flexibility index (Phi) is 3.28. The minimum absolute atomic E-state index is 1.11. The molecule has 0 saturated carbocycles. The van der Waals surface area contributed by atoms with Crippen LogP contribution in [-0.4, -0.2) is 9.78 Å². The van der Waals surface area contributed by atoms with E-state index in [1.165, 1.54) is 16.5 Å². The number of nitrogens with zero attached hydrogens (tertiary/aromatic N) is 2. The second kappa shape index (κ2) is 4.27. The summed E-state index contributed by atoms with van der Waals surface area (Å²) >= 11 is 0. The van der Waals surface area contributed by atoms with Crippen LogP contribution in [0.15, 0.2) is 18.2 Å². The fourth-order valence-electron chi connectivity index (χ4n) is 1.71. The molecule has 76 valence electrons. The van der Waals surface area contributed by atoms with Gasteiger partial charge in [0.2, 0.25) is 0 Å². The standard InChI is InChI=1S/C10H12N2.C2H6/c1-7-5-4-6-9-8(2)11-12(3)10(7)9;1-2/h4-6H,1-3H3;1-2H3. The monoisotopic (exact) mass is 190 g/mol. The highest BCUT2D eigenvalue weighted by molar-refractivity contribution is 5.84. The van der Waals surface area contributed by atoms with Crippen molar-refractivity contribution in [3.8, 4) is 0 Å². The van der Waals surface area contributed by atoms with Crippen LogP contribution in [0, 0.1) is 13.8 Å². The maximum atomic E-state index is 4.37. The van der Waals surface area contributed by atoms with Crippen molar-refractivity contribution in [3.63, 3.8) is 0 Å². The highest BCUT2D eigenvalue weighted by Crippen LogP contribution is 2.19. The van der Waals surface area contributed by atoms with E-state index in [0.717, 1.165) is 5.69 Å². The summed E-state index contributed by atoms with van der Waals surface area (Å²) in [5.74, 6) is 0. The van der Waals surface area contributed by atoms with Crippen molar-refractivity contribution in [2.75, 3.05) is 0 Å². The van der Waals surface area contributed by atoms with Crippen LogP contribution in [0.2, 0.25) is 0 Å². The van der Waals surface area contributed by atoms with E-state index in [1.54, 1.807) is 0 Å². The number of benzene rings is 1. The normalized spacial score (nSPS) is 9.79. The zero-order valence-electron chi connectivity index (χ0n) is 9.63. The molecule has 1 heterocycles. The SMILES string of the molecule is CC.Cc1nn(C)c2c(C)cccc12. The summed E-state index contributed by atoms with van der Waals surface area (Å²) in [6.45, 7) is 8.16. The number of aromatic nitrogens is 2. The fraction of sp³-hybridized carbons (Fsp3) is 0.417. The third kappa shape index (κ3) is 1.65. The number of aryl methyl sites for hydroxylation is 3. The van der Waals surface area contributed by atoms with Crippen LogP contribution in [0.4, 0.5) is 0 Å². The highest BCUT2D eigenvalue weighted by Gasteiger charge is 2.04. The Bertz CT molecular complexity index is 427. The molecule has 14 heavy (non-hydrogen) atoms. The summed E-state index contributed by atoms with van der Waals surface area (Å²) in [6, 6.07) is 6.31. The Morgan fingerprint density at radius 2 is 1.79 bits per heavy atom. The summed E-state index contributed by atoms with van der Waals surface area (Å²) in [5, 5.41) is 5.63. The molecule has 0 saturated heterocycles. The maximum absolute atomic E-state index is 4.37. The van der Waals surface area contributed by atoms with Crippen molar-refractivity contribution in [2.24, 2.45) is 7.05 Å². The first-order valence-electron chi connectivity index (χ1n) is 5.09. The molecule has 0 unspecified atom stereocenters. The zero-order chi connectivity index (χ0) is 10.7. The molecular weight excluding hydrogens is 172 g/mol. The van der Waals surface area contributed by atoms with Gasteiger partial charge in [0.1, 0.15) is 0 Å². The molecule has 0 aliphatic carbocycles. The van der Waals surface area contributed by atoms with E-state index in [2.05, 4.69) is 30.2 Å². The lowest BCUT2D eigenvalue weighted by molar-refractivity contribution is 0.781. The van der Waals surface area contributed by atoms with Crippen LogP contribution in [-0.2, 0) is 7.05 Å². The molecule has 0 atom stereocenters. The van der Waals surface area contributed by atoms with E-state index < -0.39 is 0 Å². The number of hydrogen-bond donors (Lipinski definition) is 0. The number of rotatable bonds is 0. The van der Waals surface area contributed by atoms with Gasteiger partial charge in [-0.2, -0.15) is 5.10 Å². The summed E-state index contributed by atoms with van der Waals surface area (Å²) in [4.78, 5) is 0. The van der Waals surface area contributed by atoms with Crippen LogP contribution in [0.25, 0.3) is 10.9 Å². The van der Waals surface area contributed by atoms with Gasteiger partial charge < -0.3 is 0 Å². The van der Waals surface area contributed by atoms with Crippen LogP contribution in [0.3, 0.4) is 0 Å². The lowest BCUT2D eigenvalue weighted by Crippen LogP contribution is -1.91. The van der Waals surface area contributed by atoms with Crippen LogP contribution >= 0.6 is 0 Å². The molecule has 0 bridgehead atoms. The van der Waals surface area contributed by atoms with Crippen molar-refractivity contribution in [3.05, 3.63) is 29.5 Å². The summed E-state index contributed by atoms with van der Waals surface area (Å²) in [5.41, 5.74) is 3.64. The van der Waals surface area contributed by atoms with Crippen LogP contribution < -0.4 is 0 Å². The molecule has 0 fully saturated rings. The van der Waals surface area contributed by atoms with E-state index in [0.29, 0.717) is 0 Å². The van der Waals surface area contributed by atoms with Crippen LogP contribution in [0.5, 0.6) is 0 Å². The molecule has 0 radical (unpaired) electrons. The Balaban J connectivity index is 0.000000461. The molecule has 2 rings (SSSR count). The molecule has 0 N–H and O–H groups in total. The molecule has 0 spiro atoms. The van der Waals surface area contributed by atoms with E-state index in [-0.39, 0.29) is 0 Å². The van der Waals surface area contributed by atoms with Gasteiger partial charge in [-0.3, -0.25) is 4.68 Å². The molecule has 1 aromatic heterocycles. The largest absolute Gasteiger partial charge is 0.267 e. The average Bonchev–Trinajstić information content (AvgIpc) is 2.47. The van der Waals surface area contributed by atoms with Crippen molar-refractivity contribution in [1.82, 2.24) is 9.78 Å². The van der Waals surface area contributed by atoms with Crippen molar-refractivity contribution in [2.45, 2.75) is 27.7 Å². The molecular formula is C12H18N2. The highest BCUT2D eigenvalue weighted by atomic mass is 15.3. The van der Waals surface area contributed by atoms with Crippen molar-refractivity contribution < 1.29 is 0 Å². The zero-order valence-corrected chi connectivity index (χ0v) is 9.63. The van der Waals surface area contributed by atoms with Gasteiger partial charge in [-0.1, -0.05) is 32.0 Å². The number of fused-ring (bicyclic) bond motifs is 1. The molecule has 2 heteroatoms. The van der Waals surface area contributed by atoms with E-state index in [4.69, 9.17) is 0 Å². The first-order valence-corrected chi connectivity index (χ1v) is 5.09. The second-order valence-electron chi connectivity index (χ2n) is 3.18. The van der Waals surface area contributed by atoms with Gasteiger partial charge in [0.05, 0.1) is 11.2 Å². The first-order chi connectivity index (χ1) is 6.70. The molecule has 0 amide bonds. The van der Waals surface area contributed by atoms with Gasteiger partial charge in [0, 0.05) is 12.4 Å². The number of hydrogen-bond acceptors (Lipinski definition) is 1. The van der Waals surface area contributed by atoms with Crippen LogP contribution in [0.1, 0.15) is 25.1 Å². The molecule has 2 aromatic rings. The lowest BCUT2D eigenvalue weighted by Gasteiger charge is -1.97. The third-order valence-corrected chi connectivity index (χ3v) is 2.25. The van der Waals surface area contributed by atoms with E-state index >= 15 is 0 Å². The Hall–Kier alpha value is -1.31. The van der Waals surface area contributed by atoms with Gasteiger partial charge >= 0.3 is 0 Å². The summed E-state index contributed by atoms with van der Waals surface area (Å²) in [6.07, 6.45) is 0. The Labute approximate surface area is 85.6 Å². The predicted octanol–water partition coefficient (Wildman–Crippen LogP) is 3.22. The predicted molar refractivity (Wildman–Crippen MR) is 61.5 cm³/mol. The van der Waals surface area contributed by atoms with E-state index in [9.17, 15) is 0 Å². The molecule has 1 aromatic carbocycles. The Morgan fingerprint density at radius 1 is 1.14 bits per heavy atom. The van der Waals surface area contributed by atoms with Crippen molar-refractivity contribution >= 4 is 10.9 Å². The molecule has 0 aliphatic heterocycles. The second-order valence-corrected chi connectivity index (χ2v) is 3.18. The van der Waals surface area contributed by atoms with E-state index in [1.807, 2.05) is 32.5 Å². The van der Waals surface area contributed by atoms with Gasteiger partial charge in [-0.25, -0.2) is 0 Å².